The summed E-state index contributed by atoms with van der Waals surface area (Å²) >= 11 is 0. The Kier molecular flexibility index (Phi) is 5.05. The molecule has 0 saturated carbocycles. The molecule has 1 N–H and O–H groups in total. The lowest BCUT2D eigenvalue weighted by atomic mass is 9.94. The third-order valence-electron chi connectivity index (χ3n) is 5.00. The van der Waals surface area contributed by atoms with Gasteiger partial charge in [-0.15, -0.1) is 0 Å². The molecule has 1 atom stereocenters. The predicted octanol–water partition coefficient (Wildman–Crippen LogP) is 1.84. The van der Waals surface area contributed by atoms with Crippen molar-refractivity contribution in [2.45, 2.75) is 38.3 Å². The van der Waals surface area contributed by atoms with Gasteiger partial charge in [0.2, 0.25) is 0 Å². The van der Waals surface area contributed by atoms with Gasteiger partial charge in [0.25, 0.3) is 0 Å². The summed E-state index contributed by atoms with van der Waals surface area (Å²) in [5.74, 6) is -0.791. The molecule has 0 aliphatic carbocycles. The number of aromatic nitrogens is 1. The second-order valence-electron chi connectivity index (χ2n) is 6.54. The van der Waals surface area contributed by atoms with Crippen LogP contribution in [0.15, 0.2) is 24.5 Å². The molecule has 0 radical (unpaired) electrons. The van der Waals surface area contributed by atoms with Crippen molar-refractivity contribution in [1.29, 1.82) is 0 Å². The van der Waals surface area contributed by atoms with Crippen molar-refractivity contribution in [3.8, 4) is 0 Å². The molecule has 5 nitrogen and oxygen atoms in total. The number of hydrogen-bond donors (Lipinski definition) is 1. The molecule has 0 aromatic carbocycles. The lowest BCUT2D eigenvalue weighted by Crippen LogP contribution is -2.49. The van der Waals surface area contributed by atoms with Gasteiger partial charge in [0.15, 0.2) is 0 Å². The number of likely N-dealkylation sites (tertiary alicyclic amines) is 2. The highest BCUT2D eigenvalue weighted by molar-refractivity contribution is 5.70. The maximum absolute atomic E-state index is 11.2. The molecule has 0 spiro atoms. The molecule has 2 aliphatic heterocycles. The summed E-state index contributed by atoms with van der Waals surface area (Å²) in [4.78, 5) is 20.3. The van der Waals surface area contributed by atoms with E-state index in [2.05, 4.69) is 20.9 Å². The number of carbonyl (C=O) groups is 1. The normalized spacial score (nSPS) is 25.2. The molecule has 2 aliphatic rings. The minimum atomic E-state index is -0.626. The number of rotatable bonds is 4. The van der Waals surface area contributed by atoms with Gasteiger partial charge in [-0.1, -0.05) is 6.07 Å². The second-order valence-corrected chi connectivity index (χ2v) is 6.54. The molecule has 1 aromatic rings. The van der Waals surface area contributed by atoms with E-state index in [0.717, 1.165) is 58.4 Å². The van der Waals surface area contributed by atoms with Crippen LogP contribution in [-0.4, -0.2) is 58.1 Å². The zero-order chi connectivity index (χ0) is 15.4. The Bertz CT molecular complexity index is 486. The average molecular weight is 303 g/mol. The van der Waals surface area contributed by atoms with E-state index in [1.165, 1.54) is 5.56 Å². The van der Waals surface area contributed by atoms with E-state index in [4.69, 9.17) is 0 Å². The Balaban J connectivity index is 1.48. The first-order chi connectivity index (χ1) is 10.7. The maximum atomic E-state index is 11.2. The fourth-order valence-electron chi connectivity index (χ4n) is 3.73. The van der Waals surface area contributed by atoms with Gasteiger partial charge in [-0.05, 0) is 56.9 Å². The average Bonchev–Trinajstić information content (AvgIpc) is 2.56. The number of aliphatic carboxylic acids is 1. The Labute approximate surface area is 131 Å². The monoisotopic (exact) mass is 303 g/mol. The number of carboxylic acids is 1. The van der Waals surface area contributed by atoms with Crippen molar-refractivity contribution in [2.24, 2.45) is 5.92 Å². The third kappa shape index (κ3) is 3.84. The molecular weight excluding hydrogens is 278 g/mol. The Morgan fingerprint density at radius 2 is 2.09 bits per heavy atom. The number of carboxylic acid groups (broad SMARTS) is 1. The van der Waals surface area contributed by atoms with Gasteiger partial charge in [0.05, 0.1) is 5.92 Å². The van der Waals surface area contributed by atoms with Gasteiger partial charge >= 0.3 is 5.97 Å². The topological polar surface area (TPSA) is 56.7 Å². The fourth-order valence-corrected chi connectivity index (χ4v) is 3.73. The molecule has 2 fully saturated rings. The summed E-state index contributed by atoms with van der Waals surface area (Å²) in [6.07, 6.45) is 7.90. The van der Waals surface area contributed by atoms with Gasteiger partial charge in [-0.2, -0.15) is 0 Å². The van der Waals surface area contributed by atoms with Gasteiger partial charge in [0.1, 0.15) is 0 Å². The Morgan fingerprint density at radius 1 is 1.27 bits per heavy atom. The predicted molar refractivity (Wildman–Crippen MR) is 84.5 cm³/mol. The van der Waals surface area contributed by atoms with Gasteiger partial charge in [-0.25, -0.2) is 0 Å². The van der Waals surface area contributed by atoms with E-state index < -0.39 is 5.97 Å². The zero-order valence-electron chi connectivity index (χ0n) is 13.0. The van der Waals surface area contributed by atoms with Crippen LogP contribution in [0.4, 0.5) is 0 Å². The Hall–Kier alpha value is -1.46. The number of pyridine rings is 1. The fraction of sp³-hybridized carbons (Fsp3) is 0.647. The molecule has 0 bridgehead atoms. The van der Waals surface area contributed by atoms with E-state index >= 15 is 0 Å². The molecule has 5 heteroatoms. The van der Waals surface area contributed by atoms with Gasteiger partial charge in [-0.3, -0.25) is 19.6 Å². The van der Waals surface area contributed by atoms with Crippen molar-refractivity contribution in [1.82, 2.24) is 14.8 Å². The maximum Gasteiger partial charge on any atom is 0.307 e. The largest absolute Gasteiger partial charge is 0.481 e. The zero-order valence-corrected chi connectivity index (χ0v) is 13.0. The second kappa shape index (κ2) is 7.20. The van der Waals surface area contributed by atoms with Crippen LogP contribution < -0.4 is 0 Å². The molecule has 120 valence electrons. The van der Waals surface area contributed by atoms with Crippen LogP contribution in [0.2, 0.25) is 0 Å². The van der Waals surface area contributed by atoms with Crippen LogP contribution >= 0.6 is 0 Å². The van der Waals surface area contributed by atoms with Crippen molar-refractivity contribution < 1.29 is 9.90 Å². The lowest BCUT2D eigenvalue weighted by Gasteiger charge is -2.41. The number of piperidine rings is 2. The highest BCUT2D eigenvalue weighted by Gasteiger charge is 2.31. The molecule has 22 heavy (non-hydrogen) atoms. The van der Waals surface area contributed by atoms with E-state index in [1.807, 2.05) is 18.5 Å². The summed E-state index contributed by atoms with van der Waals surface area (Å²) in [7, 11) is 0. The van der Waals surface area contributed by atoms with Gasteiger partial charge < -0.3 is 5.11 Å². The quantitative estimate of drug-likeness (QED) is 0.920. The summed E-state index contributed by atoms with van der Waals surface area (Å²) in [5, 5.41) is 9.22. The van der Waals surface area contributed by atoms with Crippen LogP contribution in [0, 0.1) is 5.92 Å². The molecule has 1 aromatic heterocycles. The molecule has 3 rings (SSSR count). The SMILES string of the molecule is O=C(O)[C@H]1CCCN(C2CCN(Cc3cccnc3)CC2)C1. The molecule has 3 heterocycles. The van der Waals surface area contributed by atoms with Crippen LogP contribution in [0.3, 0.4) is 0 Å². The highest BCUT2D eigenvalue weighted by Crippen LogP contribution is 2.24. The van der Waals surface area contributed by atoms with Crippen molar-refractivity contribution in [3.05, 3.63) is 30.1 Å². The van der Waals surface area contributed by atoms with E-state index in [9.17, 15) is 9.90 Å². The first-order valence-electron chi connectivity index (χ1n) is 8.30. The number of hydrogen-bond acceptors (Lipinski definition) is 4. The molecule has 2 saturated heterocycles. The third-order valence-corrected chi connectivity index (χ3v) is 5.00. The minimum Gasteiger partial charge on any atom is -0.481 e. The smallest absolute Gasteiger partial charge is 0.307 e. The van der Waals surface area contributed by atoms with Crippen LogP contribution in [0.5, 0.6) is 0 Å². The van der Waals surface area contributed by atoms with E-state index in [-0.39, 0.29) is 5.92 Å². The molecule has 0 unspecified atom stereocenters. The summed E-state index contributed by atoms with van der Waals surface area (Å²) in [6.45, 7) is 4.96. The first-order valence-corrected chi connectivity index (χ1v) is 8.30. The minimum absolute atomic E-state index is 0.165. The van der Waals surface area contributed by atoms with Crippen LogP contribution in [0.25, 0.3) is 0 Å². The summed E-state index contributed by atoms with van der Waals surface area (Å²) < 4.78 is 0. The van der Waals surface area contributed by atoms with Crippen LogP contribution in [-0.2, 0) is 11.3 Å². The molecular formula is C17H25N3O2. The van der Waals surface area contributed by atoms with Crippen LogP contribution in [0.1, 0.15) is 31.2 Å². The molecule has 0 amide bonds. The summed E-state index contributed by atoms with van der Waals surface area (Å²) in [6, 6.07) is 4.68. The van der Waals surface area contributed by atoms with Crippen molar-refractivity contribution >= 4 is 5.97 Å². The number of nitrogens with zero attached hydrogens (tertiary/aromatic N) is 3. The van der Waals surface area contributed by atoms with Crippen molar-refractivity contribution in [3.63, 3.8) is 0 Å². The first kappa shape index (κ1) is 15.4. The Morgan fingerprint density at radius 3 is 2.77 bits per heavy atom. The van der Waals surface area contributed by atoms with Gasteiger partial charge in [0, 0.05) is 31.5 Å². The van der Waals surface area contributed by atoms with E-state index in [1.54, 1.807) is 0 Å². The van der Waals surface area contributed by atoms with Crippen molar-refractivity contribution in [2.75, 3.05) is 26.2 Å². The standard InChI is InChI=1S/C17H25N3O2/c21-17(22)15-4-2-8-20(13-15)16-5-9-19(10-6-16)12-14-3-1-7-18-11-14/h1,3,7,11,15-16H,2,4-6,8-10,12-13H2,(H,21,22)/t15-/m0/s1. The highest BCUT2D eigenvalue weighted by atomic mass is 16.4. The summed E-state index contributed by atoms with van der Waals surface area (Å²) in [5.41, 5.74) is 1.27. The van der Waals surface area contributed by atoms with E-state index in [0.29, 0.717) is 6.04 Å². The lowest BCUT2D eigenvalue weighted by molar-refractivity contribution is -0.144.